The molecule has 0 spiro atoms. The van der Waals surface area contributed by atoms with E-state index in [0.717, 1.165) is 27.8 Å². The lowest BCUT2D eigenvalue weighted by atomic mass is 10.1. The van der Waals surface area contributed by atoms with Crippen LogP contribution in [0, 0.1) is 0 Å². The maximum atomic E-state index is 10.3. The summed E-state index contributed by atoms with van der Waals surface area (Å²) in [6, 6.07) is 3.77. The van der Waals surface area contributed by atoms with Crippen LogP contribution in [0.5, 0.6) is 11.5 Å². The minimum atomic E-state index is 0.264. The smallest absolute Gasteiger partial charge is 0.231 e. The topological polar surface area (TPSA) is 35.5 Å². The monoisotopic (exact) mass is 256 g/mol. The molecular formula is C10H9BrO3. The molecule has 0 saturated heterocycles. The van der Waals surface area contributed by atoms with Gasteiger partial charge in [0.05, 0.1) is 0 Å². The van der Waals surface area contributed by atoms with Gasteiger partial charge in [-0.3, -0.25) is 0 Å². The lowest BCUT2D eigenvalue weighted by Gasteiger charge is -2.06. The SMILES string of the molecule is O=CCCc1c(Br)ccc2c1OCO2. The summed E-state index contributed by atoms with van der Waals surface area (Å²) in [4.78, 5) is 10.3. The van der Waals surface area contributed by atoms with Crippen LogP contribution in [0.25, 0.3) is 0 Å². The zero-order chi connectivity index (χ0) is 9.97. The average molecular weight is 257 g/mol. The Bertz CT molecular complexity index is 363. The summed E-state index contributed by atoms with van der Waals surface area (Å²) in [5.74, 6) is 1.52. The van der Waals surface area contributed by atoms with Crippen molar-refractivity contribution in [1.29, 1.82) is 0 Å². The van der Waals surface area contributed by atoms with E-state index in [1.165, 1.54) is 0 Å². The Balaban J connectivity index is 2.36. The van der Waals surface area contributed by atoms with Crippen molar-refractivity contribution >= 4 is 22.2 Å². The molecule has 1 heterocycles. The Hall–Kier alpha value is -1.03. The molecule has 0 saturated carbocycles. The van der Waals surface area contributed by atoms with E-state index in [0.29, 0.717) is 12.8 Å². The van der Waals surface area contributed by atoms with Gasteiger partial charge >= 0.3 is 0 Å². The first kappa shape index (κ1) is 9.52. The molecule has 4 heteroatoms. The van der Waals surface area contributed by atoms with Crippen molar-refractivity contribution in [3.8, 4) is 11.5 Å². The van der Waals surface area contributed by atoms with Gasteiger partial charge < -0.3 is 14.3 Å². The van der Waals surface area contributed by atoms with Crippen molar-refractivity contribution in [3.05, 3.63) is 22.2 Å². The Labute approximate surface area is 90.1 Å². The van der Waals surface area contributed by atoms with E-state index in [4.69, 9.17) is 9.47 Å². The van der Waals surface area contributed by atoms with Gasteiger partial charge in [-0.05, 0) is 18.6 Å². The predicted molar refractivity (Wildman–Crippen MR) is 54.7 cm³/mol. The number of halogens is 1. The molecule has 0 aliphatic carbocycles. The first-order chi connectivity index (χ1) is 6.83. The van der Waals surface area contributed by atoms with Crippen LogP contribution in [0.3, 0.4) is 0 Å². The van der Waals surface area contributed by atoms with Crippen molar-refractivity contribution < 1.29 is 14.3 Å². The fourth-order valence-corrected chi connectivity index (χ4v) is 1.95. The van der Waals surface area contributed by atoms with Crippen molar-refractivity contribution in [2.45, 2.75) is 12.8 Å². The fourth-order valence-electron chi connectivity index (χ4n) is 1.44. The highest BCUT2D eigenvalue weighted by Gasteiger charge is 2.19. The largest absolute Gasteiger partial charge is 0.454 e. The average Bonchev–Trinajstić information content (AvgIpc) is 2.64. The molecule has 1 aromatic rings. The number of ether oxygens (including phenoxy) is 2. The lowest BCUT2D eigenvalue weighted by molar-refractivity contribution is -0.107. The second kappa shape index (κ2) is 4.00. The highest BCUT2D eigenvalue weighted by Crippen LogP contribution is 2.39. The van der Waals surface area contributed by atoms with Gasteiger partial charge in [-0.15, -0.1) is 0 Å². The second-order valence-electron chi connectivity index (χ2n) is 2.97. The second-order valence-corrected chi connectivity index (χ2v) is 3.82. The van der Waals surface area contributed by atoms with Gasteiger partial charge in [0.15, 0.2) is 11.5 Å². The van der Waals surface area contributed by atoms with Crippen LogP contribution in [0.2, 0.25) is 0 Å². The standard InChI is InChI=1S/C10H9BrO3/c11-8-3-4-9-10(14-6-13-9)7(8)2-1-5-12/h3-5H,1-2,6H2. The molecule has 0 unspecified atom stereocenters. The quantitative estimate of drug-likeness (QED) is 0.779. The summed E-state index contributed by atoms with van der Waals surface area (Å²) in [7, 11) is 0. The maximum absolute atomic E-state index is 10.3. The molecule has 0 aromatic heterocycles. The normalized spacial score (nSPS) is 12.9. The van der Waals surface area contributed by atoms with Crippen LogP contribution in [0.4, 0.5) is 0 Å². The van der Waals surface area contributed by atoms with Crippen molar-refractivity contribution in [3.63, 3.8) is 0 Å². The van der Waals surface area contributed by atoms with E-state index in [1.54, 1.807) is 0 Å². The molecule has 0 N–H and O–H groups in total. The van der Waals surface area contributed by atoms with E-state index < -0.39 is 0 Å². The number of rotatable bonds is 3. The van der Waals surface area contributed by atoms with Crippen LogP contribution in [-0.2, 0) is 11.2 Å². The molecule has 0 atom stereocenters. The van der Waals surface area contributed by atoms with Gasteiger partial charge in [0.2, 0.25) is 6.79 Å². The Morgan fingerprint density at radius 1 is 1.43 bits per heavy atom. The summed E-state index contributed by atoms with van der Waals surface area (Å²) >= 11 is 3.43. The van der Waals surface area contributed by atoms with Crippen molar-refractivity contribution in [2.75, 3.05) is 6.79 Å². The maximum Gasteiger partial charge on any atom is 0.231 e. The summed E-state index contributed by atoms with van der Waals surface area (Å²) < 4.78 is 11.5. The number of hydrogen-bond donors (Lipinski definition) is 0. The molecule has 1 aliphatic heterocycles. The molecule has 0 fully saturated rings. The molecule has 1 aromatic carbocycles. The number of benzene rings is 1. The summed E-state index contributed by atoms with van der Waals surface area (Å²) in [6.07, 6.45) is 2.08. The molecule has 3 nitrogen and oxygen atoms in total. The van der Waals surface area contributed by atoms with Gasteiger partial charge in [0, 0.05) is 16.5 Å². The fraction of sp³-hybridized carbons (Fsp3) is 0.300. The number of aldehydes is 1. The minimum Gasteiger partial charge on any atom is -0.454 e. The Morgan fingerprint density at radius 2 is 2.29 bits per heavy atom. The number of carbonyl (C=O) groups excluding carboxylic acids is 1. The summed E-state index contributed by atoms with van der Waals surface area (Å²) in [6.45, 7) is 0.264. The number of fused-ring (bicyclic) bond motifs is 1. The molecule has 0 bridgehead atoms. The first-order valence-electron chi connectivity index (χ1n) is 4.33. The first-order valence-corrected chi connectivity index (χ1v) is 5.13. The summed E-state index contributed by atoms with van der Waals surface area (Å²) in [5.41, 5.74) is 1.01. The Kier molecular flexibility index (Phi) is 2.72. The molecule has 1 aliphatic rings. The van der Waals surface area contributed by atoms with E-state index in [2.05, 4.69) is 15.9 Å². The van der Waals surface area contributed by atoms with Crippen molar-refractivity contribution in [2.24, 2.45) is 0 Å². The van der Waals surface area contributed by atoms with Gasteiger partial charge in [-0.2, -0.15) is 0 Å². The molecule has 14 heavy (non-hydrogen) atoms. The molecule has 2 rings (SSSR count). The van der Waals surface area contributed by atoms with Crippen molar-refractivity contribution in [1.82, 2.24) is 0 Å². The third-order valence-electron chi connectivity index (χ3n) is 2.10. The third kappa shape index (κ3) is 1.62. The van der Waals surface area contributed by atoms with Crippen LogP contribution >= 0.6 is 15.9 Å². The lowest BCUT2D eigenvalue weighted by Crippen LogP contribution is -1.95. The van der Waals surface area contributed by atoms with Crippen LogP contribution in [-0.4, -0.2) is 13.1 Å². The number of carbonyl (C=O) groups is 1. The van der Waals surface area contributed by atoms with Gasteiger partial charge in [-0.25, -0.2) is 0 Å². The van der Waals surface area contributed by atoms with Crippen LogP contribution < -0.4 is 9.47 Å². The van der Waals surface area contributed by atoms with Gasteiger partial charge in [0.25, 0.3) is 0 Å². The van der Waals surface area contributed by atoms with Crippen LogP contribution in [0.1, 0.15) is 12.0 Å². The molecule has 0 amide bonds. The number of hydrogen-bond acceptors (Lipinski definition) is 3. The zero-order valence-corrected chi connectivity index (χ0v) is 9.04. The van der Waals surface area contributed by atoms with E-state index >= 15 is 0 Å². The van der Waals surface area contributed by atoms with Crippen LogP contribution in [0.15, 0.2) is 16.6 Å². The predicted octanol–water partition coefficient (Wildman–Crippen LogP) is 2.31. The molecule has 0 radical (unpaired) electrons. The molecular weight excluding hydrogens is 248 g/mol. The summed E-state index contributed by atoms with van der Waals surface area (Å²) in [5, 5.41) is 0. The van der Waals surface area contributed by atoms with E-state index in [-0.39, 0.29) is 6.79 Å². The zero-order valence-electron chi connectivity index (χ0n) is 7.46. The highest BCUT2D eigenvalue weighted by atomic mass is 79.9. The minimum absolute atomic E-state index is 0.264. The Morgan fingerprint density at radius 3 is 3.07 bits per heavy atom. The third-order valence-corrected chi connectivity index (χ3v) is 2.84. The van der Waals surface area contributed by atoms with E-state index in [1.807, 2.05) is 12.1 Å². The van der Waals surface area contributed by atoms with Gasteiger partial charge in [0.1, 0.15) is 6.29 Å². The highest BCUT2D eigenvalue weighted by molar-refractivity contribution is 9.10. The molecule has 74 valence electrons. The van der Waals surface area contributed by atoms with E-state index in [9.17, 15) is 4.79 Å². The van der Waals surface area contributed by atoms with Gasteiger partial charge in [-0.1, -0.05) is 15.9 Å².